The molecule has 4 rings (SSSR count). The van der Waals surface area contributed by atoms with Crippen molar-refractivity contribution in [1.29, 1.82) is 0 Å². The summed E-state index contributed by atoms with van der Waals surface area (Å²) in [5.41, 5.74) is 2.95. The standard InChI is InChI=1S/C21H27NO2/c1-15-10-20(2,3)13-21(15)14-22(11-16-7-5-4-6-8-16)12-18-17(21)9-19(23)24-18/h4-8,17-18H,1,9-14H2,2-3H3/t17-,18-,21+/m0/s1. The third-order valence-corrected chi connectivity index (χ3v) is 6.21. The molecule has 1 aromatic carbocycles. The SMILES string of the molecule is C=C1CC(C)(C)C[C@@]12CN(Cc1ccccc1)C[C@@H]1OC(=O)C[C@@H]12. The number of rotatable bonds is 2. The summed E-state index contributed by atoms with van der Waals surface area (Å²) in [5, 5.41) is 0. The lowest BCUT2D eigenvalue weighted by atomic mass is 9.65. The molecule has 0 amide bonds. The smallest absolute Gasteiger partial charge is 0.306 e. The Morgan fingerprint density at radius 2 is 2.04 bits per heavy atom. The summed E-state index contributed by atoms with van der Waals surface area (Å²) in [7, 11) is 0. The number of likely N-dealkylation sites (tertiary alicyclic amines) is 1. The average Bonchev–Trinajstić information content (AvgIpc) is 2.98. The minimum Gasteiger partial charge on any atom is -0.461 e. The van der Waals surface area contributed by atoms with E-state index in [9.17, 15) is 4.79 Å². The molecule has 0 aromatic heterocycles. The van der Waals surface area contributed by atoms with Crippen LogP contribution in [-0.4, -0.2) is 30.1 Å². The number of nitrogens with zero attached hydrogens (tertiary/aromatic N) is 1. The van der Waals surface area contributed by atoms with Gasteiger partial charge < -0.3 is 4.74 Å². The third kappa shape index (κ3) is 2.59. The predicted octanol–water partition coefficient (Wildman–Crippen LogP) is 3.80. The quantitative estimate of drug-likeness (QED) is 0.612. The Balaban J connectivity index is 1.64. The molecule has 3 heteroatoms. The minimum absolute atomic E-state index is 0.0246. The van der Waals surface area contributed by atoms with E-state index in [0.29, 0.717) is 12.3 Å². The number of hydrogen-bond donors (Lipinski definition) is 0. The largest absolute Gasteiger partial charge is 0.461 e. The average molecular weight is 325 g/mol. The Hall–Kier alpha value is -1.61. The molecule has 1 aromatic rings. The molecule has 0 bridgehead atoms. The van der Waals surface area contributed by atoms with Gasteiger partial charge in [0, 0.05) is 31.0 Å². The number of carbonyl (C=O) groups excluding carboxylic acids is 1. The van der Waals surface area contributed by atoms with Crippen molar-refractivity contribution in [3.63, 3.8) is 0 Å². The lowest BCUT2D eigenvalue weighted by molar-refractivity contribution is -0.143. The van der Waals surface area contributed by atoms with Crippen molar-refractivity contribution in [1.82, 2.24) is 4.90 Å². The van der Waals surface area contributed by atoms with Gasteiger partial charge in [-0.2, -0.15) is 0 Å². The Kier molecular flexibility index (Phi) is 3.61. The fraction of sp³-hybridized carbons (Fsp3) is 0.571. The molecule has 1 saturated carbocycles. The topological polar surface area (TPSA) is 29.5 Å². The van der Waals surface area contributed by atoms with E-state index in [2.05, 4.69) is 55.7 Å². The highest BCUT2D eigenvalue weighted by molar-refractivity contribution is 5.72. The molecule has 3 atom stereocenters. The summed E-state index contributed by atoms with van der Waals surface area (Å²) < 4.78 is 5.71. The van der Waals surface area contributed by atoms with Gasteiger partial charge in [0.1, 0.15) is 6.10 Å². The molecule has 3 fully saturated rings. The van der Waals surface area contributed by atoms with Crippen LogP contribution in [0.4, 0.5) is 0 Å². The zero-order valence-electron chi connectivity index (χ0n) is 14.8. The molecular formula is C21H27NO2. The number of ether oxygens (including phenoxy) is 1. The summed E-state index contributed by atoms with van der Waals surface area (Å²) in [6, 6.07) is 10.6. The van der Waals surface area contributed by atoms with Crippen LogP contribution < -0.4 is 0 Å². The van der Waals surface area contributed by atoms with E-state index in [4.69, 9.17) is 4.74 Å². The molecule has 0 radical (unpaired) electrons. The van der Waals surface area contributed by atoms with Crippen LogP contribution in [0.15, 0.2) is 42.5 Å². The Bertz CT molecular complexity index is 666. The van der Waals surface area contributed by atoms with Crippen LogP contribution in [0.3, 0.4) is 0 Å². The van der Waals surface area contributed by atoms with E-state index in [-0.39, 0.29) is 22.9 Å². The van der Waals surface area contributed by atoms with Crippen molar-refractivity contribution in [2.45, 2.75) is 45.8 Å². The lowest BCUT2D eigenvalue weighted by Crippen LogP contribution is -2.54. The zero-order valence-corrected chi connectivity index (χ0v) is 14.8. The van der Waals surface area contributed by atoms with Gasteiger partial charge in [-0.1, -0.05) is 56.3 Å². The molecule has 24 heavy (non-hydrogen) atoms. The van der Waals surface area contributed by atoms with Gasteiger partial charge in [0.05, 0.1) is 6.42 Å². The fourth-order valence-electron chi connectivity index (χ4n) is 5.48. The Morgan fingerprint density at radius 1 is 1.29 bits per heavy atom. The molecule has 3 aliphatic rings. The number of benzene rings is 1. The number of esters is 1. The summed E-state index contributed by atoms with van der Waals surface area (Å²) >= 11 is 0. The van der Waals surface area contributed by atoms with Crippen molar-refractivity contribution in [3.8, 4) is 0 Å². The Morgan fingerprint density at radius 3 is 2.71 bits per heavy atom. The molecule has 0 unspecified atom stereocenters. The first-order chi connectivity index (χ1) is 11.4. The van der Waals surface area contributed by atoms with Crippen LogP contribution >= 0.6 is 0 Å². The van der Waals surface area contributed by atoms with E-state index in [0.717, 1.165) is 32.5 Å². The molecule has 128 valence electrons. The summed E-state index contributed by atoms with van der Waals surface area (Å²) in [6.45, 7) is 11.9. The second-order valence-corrected chi connectivity index (χ2v) is 8.77. The van der Waals surface area contributed by atoms with Gasteiger partial charge in [-0.05, 0) is 23.8 Å². The van der Waals surface area contributed by atoms with Gasteiger partial charge in [-0.3, -0.25) is 9.69 Å². The van der Waals surface area contributed by atoms with E-state index in [1.165, 1.54) is 11.1 Å². The first kappa shape index (κ1) is 15.9. The van der Waals surface area contributed by atoms with Crippen molar-refractivity contribution in [2.75, 3.05) is 13.1 Å². The van der Waals surface area contributed by atoms with Crippen LogP contribution in [0.5, 0.6) is 0 Å². The first-order valence-electron chi connectivity index (χ1n) is 9.02. The van der Waals surface area contributed by atoms with Gasteiger partial charge in [0.25, 0.3) is 0 Å². The van der Waals surface area contributed by atoms with E-state index in [1.807, 2.05) is 0 Å². The molecule has 3 nitrogen and oxygen atoms in total. The molecule has 1 spiro atoms. The van der Waals surface area contributed by atoms with Crippen molar-refractivity contribution < 1.29 is 9.53 Å². The molecule has 1 aliphatic carbocycles. The number of fused-ring (bicyclic) bond motifs is 2. The Labute approximate surface area is 144 Å². The van der Waals surface area contributed by atoms with Crippen LogP contribution in [0, 0.1) is 16.7 Å². The lowest BCUT2D eigenvalue weighted by Gasteiger charge is -2.48. The fourth-order valence-corrected chi connectivity index (χ4v) is 5.48. The second kappa shape index (κ2) is 5.45. The zero-order chi connectivity index (χ0) is 16.9. The maximum Gasteiger partial charge on any atom is 0.306 e. The highest BCUT2D eigenvalue weighted by atomic mass is 16.6. The molecule has 0 N–H and O–H groups in total. The summed E-state index contributed by atoms with van der Waals surface area (Å²) in [5.74, 6) is 0.287. The molecule has 2 saturated heterocycles. The summed E-state index contributed by atoms with van der Waals surface area (Å²) in [4.78, 5) is 14.5. The van der Waals surface area contributed by atoms with Crippen molar-refractivity contribution in [2.24, 2.45) is 16.7 Å². The highest BCUT2D eigenvalue weighted by Crippen LogP contribution is 2.60. The monoisotopic (exact) mass is 325 g/mol. The normalized spacial score (nSPS) is 35.2. The highest BCUT2D eigenvalue weighted by Gasteiger charge is 2.59. The van der Waals surface area contributed by atoms with Crippen LogP contribution in [0.2, 0.25) is 0 Å². The maximum atomic E-state index is 12.0. The summed E-state index contributed by atoms with van der Waals surface area (Å²) in [6.07, 6.45) is 2.77. The van der Waals surface area contributed by atoms with Gasteiger partial charge in [-0.15, -0.1) is 0 Å². The first-order valence-corrected chi connectivity index (χ1v) is 9.02. The van der Waals surface area contributed by atoms with E-state index in [1.54, 1.807) is 0 Å². The van der Waals surface area contributed by atoms with Gasteiger partial charge >= 0.3 is 5.97 Å². The van der Waals surface area contributed by atoms with Gasteiger partial charge in [-0.25, -0.2) is 0 Å². The molecule has 2 heterocycles. The minimum atomic E-state index is -0.0246. The van der Waals surface area contributed by atoms with Crippen LogP contribution in [0.25, 0.3) is 0 Å². The van der Waals surface area contributed by atoms with Crippen molar-refractivity contribution >= 4 is 5.97 Å². The molecular weight excluding hydrogens is 298 g/mol. The van der Waals surface area contributed by atoms with Crippen molar-refractivity contribution in [3.05, 3.63) is 48.0 Å². The number of carbonyl (C=O) groups is 1. The molecule has 2 aliphatic heterocycles. The van der Waals surface area contributed by atoms with Gasteiger partial charge in [0.15, 0.2) is 0 Å². The maximum absolute atomic E-state index is 12.0. The van der Waals surface area contributed by atoms with E-state index < -0.39 is 0 Å². The van der Waals surface area contributed by atoms with E-state index >= 15 is 0 Å². The third-order valence-electron chi connectivity index (χ3n) is 6.21. The number of hydrogen-bond acceptors (Lipinski definition) is 3. The van der Waals surface area contributed by atoms with Crippen LogP contribution in [0.1, 0.15) is 38.7 Å². The van der Waals surface area contributed by atoms with Crippen LogP contribution in [-0.2, 0) is 16.1 Å². The number of piperidine rings is 1. The second-order valence-electron chi connectivity index (χ2n) is 8.77. The van der Waals surface area contributed by atoms with Gasteiger partial charge in [0.2, 0.25) is 0 Å². The predicted molar refractivity (Wildman–Crippen MR) is 94.3 cm³/mol.